The highest BCUT2D eigenvalue weighted by molar-refractivity contribution is 5.79. The Morgan fingerprint density at radius 2 is 2.13 bits per heavy atom. The van der Waals surface area contributed by atoms with E-state index in [1.807, 2.05) is 17.9 Å². The van der Waals surface area contributed by atoms with Crippen LogP contribution < -0.4 is 5.32 Å². The van der Waals surface area contributed by atoms with E-state index in [2.05, 4.69) is 15.3 Å². The number of rotatable bonds is 5. The highest BCUT2D eigenvalue weighted by Gasteiger charge is 2.32. The maximum Gasteiger partial charge on any atom is 0.225 e. The Kier molecular flexibility index (Phi) is 5.10. The van der Waals surface area contributed by atoms with Gasteiger partial charge in [0.1, 0.15) is 12.4 Å². The maximum atomic E-state index is 12.5. The minimum Gasteiger partial charge on any atom is -0.377 e. The summed E-state index contributed by atoms with van der Waals surface area (Å²) in [4.78, 5) is 23.4. The molecule has 2 heterocycles. The molecule has 0 radical (unpaired) electrons. The summed E-state index contributed by atoms with van der Waals surface area (Å²) in [5.41, 5.74) is 0.923. The van der Waals surface area contributed by atoms with E-state index in [4.69, 9.17) is 4.74 Å². The highest BCUT2D eigenvalue weighted by Crippen LogP contribution is 2.28. The minimum absolute atomic E-state index is 0.267. The molecule has 1 aromatic heterocycles. The number of aromatic nitrogens is 2. The normalized spacial score (nSPS) is 21.8. The van der Waals surface area contributed by atoms with Gasteiger partial charge in [0.2, 0.25) is 5.91 Å². The third kappa shape index (κ3) is 3.99. The molecule has 3 rings (SSSR count). The third-order valence-corrected chi connectivity index (χ3v) is 4.73. The number of hydrogen-bond donors (Lipinski definition) is 1. The number of methoxy groups -OCH3 is 1. The predicted octanol–water partition coefficient (Wildman–Crippen LogP) is 2.13. The summed E-state index contributed by atoms with van der Waals surface area (Å²) in [5.74, 6) is 2.13. The average molecular weight is 318 g/mol. The molecule has 1 atom stereocenters. The van der Waals surface area contributed by atoms with E-state index in [-0.39, 0.29) is 12.0 Å². The van der Waals surface area contributed by atoms with Crippen molar-refractivity contribution in [2.24, 2.45) is 5.92 Å². The quantitative estimate of drug-likeness (QED) is 0.901. The number of likely N-dealkylation sites (tertiary alicyclic amines) is 1. The molecule has 126 valence electrons. The van der Waals surface area contributed by atoms with E-state index in [9.17, 15) is 4.79 Å². The predicted molar refractivity (Wildman–Crippen MR) is 88.0 cm³/mol. The molecule has 1 aliphatic carbocycles. The molecule has 1 unspecified atom stereocenters. The Hall–Kier alpha value is -1.69. The lowest BCUT2D eigenvalue weighted by molar-refractivity contribution is -0.134. The number of carbonyl (C=O) groups excluding carboxylic acids is 1. The van der Waals surface area contributed by atoms with Crippen LogP contribution in [0.15, 0.2) is 6.07 Å². The molecular weight excluding hydrogens is 292 g/mol. The lowest BCUT2D eigenvalue weighted by Crippen LogP contribution is -2.35. The molecule has 1 aromatic rings. The molecule has 2 aliphatic rings. The fourth-order valence-electron chi connectivity index (χ4n) is 3.62. The zero-order chi connectivity index (χ0) is 16.2. The number of nitrogens with zero attached hydrogens (tertiary/aromatic N) is 3. The van der Waals surface area contributed by atoms with Crippen molar-refractivity contribution < 1.29 is 9.53 Å². The maximum absolute atomic E-state index is 12.5. The monoisotopic (exact) mass is 318 g/mol. The molecule has 1 aliphatic heterocycles. The van der Waals surface area contributed by atoms with Gasteiger partial charge in [0.25, 0.3) is 0 Å². The van der Waals surface area contributed by atoms with E-state index in [1.54, 1.807) is 7.11 Å². The first-order valence-corrected chi connectivity index (χ1v) is 8.54. The Labute approximate surface area is 137 Å². The fraction of sp³-hybridized carbons (Fsp3) is 0.706. The first-order chi connectivity index (χ1) is 11.2. The number of aryl methyl sites for hydroxylation is 1. The average Bonchev–Trinajstić information content (AvgIpc) is 3.17. The minimum atomic E-state index is 0.267. The van der Waals surface area contributed by atoms with Gasteiger partial charge in [-0.1, -0.05) is 12.8 Å². The summed E-state index contributed by atoms with van der Waals surface area (Å²) >= 11 is 0. The molecule has 23 heavy (non-hydrogen) atoms. The van der Waals surface area contributed by atoms with Crippen LogP contribution in [0.1, 0.15) is 43.6 Å². The smallest absolute Gasteiger partial charge is 0.225 e. The Morgan fingerprint density at radius 3 is 2.87 bits per heavy atom. The Bertz CT molecular complexity index is 558. The second-order valence-corrected chi connectivity index (χ2v) is 6.64. The van der Waals surface area contributed by atoms with Crippen LogP contribution in [0.3, 0.4) is 0 Å². The molecule has 1 saturated heterocycles. The van der Waals surface area contributed by atoms with Crippen molar-refractivity contribution in [2.75, 3.05) is 25.5 Å². The largest absolute Gasteiger partial charge is 0.377 e. The molecule has 6 nitrogen and oxygen atoms in total. The van der Waals surface area contributed by atoms with Crippen LogP contribution in [0, 0.1) is 12.8 Å². The molecule has 1 amide bonds. The number of hydrogen-bond acceptors (Lipinski definition) is 5. The summed E-state index contributed by atoms with van der Waals surface area (Å²) < 4.78 is 5.11. The van der Waals surface area contributed by atoms with Gasteiger partial charge in [-0.25, -0.2) is 9.97 Å². The number of nitrogens with one attached hydrogen (secondary N) is 1. The van der Waals surface area contributed by atoms with Crippen LogP contribution in [0.4, 0.5) is 5.82 Å². The van der Waals surface area contributed by atoms with Crippen molar-refractivity contribution in [2.45, 2.75) is 51.7 Å². The van der Waals surface area contributed by atoms with Gasteiger partial charge in [-0.2, -0.15) is 0 Å². The first-order valence-electron chi connectivity index (χ1n) is 8.54. The number of carbonyl (C=O) groups is 1. The molecule has 2 fully saturated rings. The highest BCUT2D eigenvalue weighted by atomic mass is 16.5. The lowest BCUT2D eigenvalue weighted by atomic mass is 10.1. The summed E-state index contributed by atoms with van der Waals surface area (Å²) in [6.07, 6.45) is 5.52. The molecule has 0 spiro atoms. The summed E-state index contributed by atoms with van der Waals surface area (Å²) in [6.45, 7) is 3.99. The topological polar surface area (TPSA) is 67.3 Å². The molecule has 1 saturated carbocycles. The van der Waals surface area contributed by atoms with Crippen LogP contribution in [-0.4, -0.2) is 47.0 Å². The van der Waals surface area contributed by atoms with Crippen LogP contribution in [-0.2, 0) is 16.1 Å². The van der Waals surface area contributed by atoms with Crippen LogP contribution in [0.25, 0.3) is 0 Å². The molecule has 0 aromatic carbocycles. The van der Waals surface area contributed by atoms with Crippen molar-refractivity contribution >= 4 is 11.7 Å². The van der Waals surface area contributed by atoms with Crippen LogP contribution in [0.2, 0.25) is 0 Å². The van der Waals surface area contributed by atoms with Crippen molar-refractivity contribution in [3.8, 4) is 0 Å². The second kappa shape index (κ2) is 7.25. The summed E-state index contributed by atoms with van der Waals surface area (Å²) in [6, 6.07) is 2.21. The molecule has 0 bridgehead atoms. The number of anilines is 1. The van der Waals surface area contributed by atoms with Gasteiger partial charge < -0.3 is 15.0 Å². The van der Waals surface area contributed by atoms with Crippen molar-refractivity contribution in [1.82, 2.24) is 14.9 Å². The molecular formula is C17H26N4O2. The van der Waals surface area contributed by atoms with Crippen molar-refractivity contribution in [3.05, 3.63) is 17.6 Å². The summed E-state index contributed by atoms with van der Waals surface area (Å²) in [5, 5.41) is 3.46. The number of amides is 1. The van der Waals surface area contributed by atoms with E-state index in [0.717, 1.165) is 43.9 Å². The SMILES string of the molecule is COCc1nc(C)cc(NC2CCN(C(=O)C3CCCC3)C2)n1. The van der Waals surface area contributed by atoms with E-state index in [0.29, 0.717) is 18.3 Å². The van der Waals surface area contributed by atoms with Gasteiger partial charge in [-0.3, -0.25) is 4.79 Å². The zero-order valence-corrected chi connectivity index (χ0v) is 14.0. The van der Waals surface area contributed by atoms with Crippen molar-refractivity contribution in [3.63, 3.8) is 0 Å². The molecule has 1 N–H and O–H groups in total. The Balaban J connectivity index is 1.58. The number of ether oxygens (including phenoxy) is 1. The first kappa shape index (κ1) is 16.2. The molecule has 6 heteroatoms. The van der Waals surface area contributed by atoms with Crippen molar-refractivity contribution in [1.29, 1.82) is 0 Å². The van der Waals surface area contributed by atoms with Gasteiger partial charge >= 0.3 is 0 Å². The van der Waals surface area contributed by atoms with Crippen LogP contribution >= 0.6 is 0 Å². The fourth-order valence-corrected chi connectivity index (χ4v) is 3.62. The van der Waals surface area contributed by atoms with Gasteiger partial charge in [0, 0.05) is 43.9 Å². The standard InChI is InChI=1S/C17H26N4O2/c1-12-9-15(20-16(18-12)11-23-2)19-14-7-8-21(10-14)17(22)13-5-3-4-6-13/h9,13-14H,3-8,10-11H2,1-2H3,(H,18,19,20). The second-order valence-electron chi connectivity index (χ2n) is 6.64. The van der Waals surface area contributed by atoms with E-state index >= 15 is 0 Å². The third-order valence-electron chi connectivity index (χ3n) is 4.73. The van der Waals surface area contributed by atoms with E-state index in [1.165, 1.54) is 12.8 Å². The Morgan fingerprint density at radius 1 is 1.35 bits per heavy atom. The van der Waals surface area contributed by atoms with Gasteiger partial charge in [0.15, 0.2) is 5.82 Å². The van der Waals surface area contributed by atoms with E-state index < -0.39 is 0 Å². The van der Waals surface area contributed by atoms with Gasteiger partial charge in [-0.15, -0.1) is 0 Å². The lowest BCUT2D eigenvalue weighted by Gasteiger charge is -2.21. The van der Waals surface area contributed by atoms with Crippen LogP contribution in [0.5, 0.6) is 0 Å². The summed E-state index contributed by atoms with van der Waals surface area (Å²) in [7, 11) is 1.64. The zero-order valence-electron chi connectivity index (χ0n) is 14.0. The van der Waals surface area contributed by atoms with Gasteiger partial charge in [0.05, 0.1) is 0 Å². The van der Waals surface area contributed by atoms with Gasteiger partial charge in [-0.05, 0) is 26.2 Å².